The minimum Gasteiger partial charge on any atom is -0.366 e. The molecule has 1 aromatic carbocycles. The molecule has 0 fully saturated rings. The molecular weight excluding hydrogens is 312 g/mol. The minimum absolute atomic E-state index is 0.707. The quantitative estimate of drug-likeness (QED) is 0.765. The number of benzene rings is 1. The number of nitrogens with zero attached hydrogens (tertiary/aromatic N) is 4. The molecule has 2 aromatic heterocycles. The topological polar surface area (TPSA) is 67.7 Å². The predicted molar refractivity (Wildman–Crippen MR) is 98.3 cm³/mol. The van der Waals surface area contributed by atoms with Gasteiger partial charge in [0.2, 0.25) is 0 Å². The zero-order chi connectivity index (χ0) is 17.1. The van der Waals surface area contributed by atoms with Crippen LogP contribution in [-0.4, -0.2) is 32.8 Å². The first-order valence-corrected chi connectivity index (χ1v) is 8.67. The van der Waals surface area contributed by atoms with E-state index in [-0.39, 0.29) is 0 Å². The number of anilines is 1. The van der Waals surface area contributed by atoms with Gasteiger partial charge in [-0.1, -0.05) is 30.3 Å². The van der Waals surface area contributed by atoms with Gasteiger partial charge in [0.15, 0.2) is 5.82 Å². The van der Waals surface area contributed by atoms with Gasteiger partial charge in [-0.25, -0.2) is 9.97 Å². The lowest BCUT2D eigenvalue weighted by Gasteiger charge is -2.14. The van der Waals surface area contributed by atoms with E-state index >= 15 is 0 Å². The lowest BCUT2D eigenvalue weighted by molar-refractivity contribution is 0.708. The van der Waals surface area contributed by atoms with Crippen LogP contribution in [0.1, 0.15) is 16.8 Å². The van der Waals surface area contributed by atoms with Crippen molar-refractivity contribution in [3.8, 4) is 11.4 Å². The molecular formula is C19H22N6. The average molecular weight is 334 g/mol. The van der Waals surface area contributed by atoms with E-state index < -0.39 is 0 Å². The summed E-state index contributed by atoms with van der Waals surface area (Å²) in [5.41, 5.74) is 4.57. The highest BCUT2D eigenvalue weighted by atomic mass is 15.2. The monoisotopic (exact) mass is 334 g/mol. The summed E-state index contributed by atoms with van der Waals surface area (Å²) in [5, 5.41) is 11.2. The Morgan fingerprint density at radius 1 is 1.12 bits per heavy atom. The highest BCUT2D eigenvalue weighted by molar-refractivity contribution is 5.60. The molecule has 1 aliphatic rings. The van der Waals surface area contributed by atoms with E-state index in [0.29, 0.717) is 6.54 Å². The van der Waals surface area contributed by atoms with Crippen LogP contribution in [0.4, 0.5) is 5.82 Å². The predicted octanol–water partition coefficient (Wildman–Crippen LogP) is 2.18. The fraction of sp³-hybridized carbons (Fsp3) is 0.316. The van der Waals surface area contributed by atoms with Gasteiger partial charge >= 0.3 is 0 Å². The van der Waals surface area contributed by atoms with Gasteiger partial charge in [0.1, 0.15) is 5.82 Å². The maximum atomic E-state index is 4.86. The molecule has 128 valence electrons. The number of nitrogens with one attached hydrogen (secondary N) is 2. The minimum atomic E-state index is 0.707. The molecule has 0 radical (unpaired) electrons. The highest BCUT2D eigenvalue weighted by Gasteiger charge is 2.17. The van der Waals surface area contributed by atoms with Crippen molar-refractivity contribution in [1.82, 2.24) is 25.1 Å². The second kappa shape index (κ2) is 7.03. The van der Waals surface area contributed by atoms with E-state index in [2.05, 4.69) is 27.9 Å². The van der Waals surface area contributed by atoms with Crippen molar-refractivity contribution in [1.29, 1.82) is 0 Å². The lowest BCUT2D eigenvalue weighted by Crippen LogP contribution is -2.16. The molecule has 0 saturated carbocycles. The van der Waals surface area contributed by atoms with Crippen molar-refractivity contribution in [2.24, 2.45) is 7.05 Å². The van der Waals surface area contributed by atoms with Gasteiger partial charge in [-0.3, -0.25) is 4.68 Å². The first-order valence-electron chi connectivity index (χ1n) is 8.67. The fourth-order valence-electron chi connectivity index (χ4n) is 3.16. The van der Waals surface area contributed by atoms with E-state index in [0.717, 1.165) is 54.4 Å². The first-order chi connectivity index (χ1) is 12.3. The zero-order valence-corrected chi connectivity index (χ0v) is 14.4. The van der Waals surface area contributed by atoms with Crippen LogP contribution in [-0.2, 0) is 26.4 Å². The number of rotatable bonds is 4. The van der Waals surface area contributed by atoms with Crippen LogP contribution in [0.3, 0.4) is 0 Å². The molecule has 2 N–H and O–H groups in total. The van der Waals surface area contributed by atoms with Crippen molar-refractivity contribution in [2.45, 2.75) is 19.4 Å². The van der Waals surface area contributed by atoms with Crippen molar-refractivity contribution in [2.75, 3.05) is 18.4 Å². The standard InChI is InChI=1S/C19H22N6/c1-25-13-14(12-22-25)11-21-19-16-7-9-20-10-8-17(16)23-18(24-19)15-5-3-2-4-6-15/h2-6,12-13,20H,7-11H2,1H3,(H,21,23,24). The summed E-state index contributed by atoms with van der Waals surface area (Å²) in [6.45, 7) is 2.63. The number of aromatic nitrogens is 4. The van der Waals surface area contributed by atoms with Gasteiger partial charge in [-0.2, -0.15) is 5.10 Å². The number of aryl methyl sites for hydroxylation is 1. The molecule has 3 aromatic rings. The van der Waals surface area contributed by atoms with Crippen molar-refractivity contribution < 1.29 is 0 Å². The molecule has 0 aliphatic carbocycles. The van der Waals surface area contributed by atoms with Gasteiger partial charge in [0.25, 0.3) is 0 Å². The smallest absolute Gasteiger partial charge is 0.161 e. The van der Waals surface area contributed by atoms with Crippen LogP contribution in [0.25, 0.3) is 11.4 Å². The SMILES string of the molecule is Cn1cc(CNc2nc(-c3ccccc3)nc3c2CCNCC3)cn1. The zero-order valence-electron chi connectivity index (χ0n) is 14.4. The number of hydrogen-bond acceptors (Lipinski definition) is 5. The van der Waals surface area contributed by atoms with Crippen molar-refractivity contribution in [3.63, 3.8) is 0 Å². The third kappa shape index (κ3) is 3.53. The number of fused-ring (bicyclic) bond motifs is 1. The molecule has 1 aliphatic heterocycles. The highest BCUT2D eigenvalue weighted by Crippen LogP contribution is 2.24. The molecule has 4 rings (SSSR count). The Balaban J connectivity index is 1.69. The molecule has 0 unspecified atom stereocenters. The van der Waals surface area contributed by atoms with E-state index in [1.54, 1.807) is 0 Å². The third-order valence-corrected chi connectivity index (χ3v) is 4.43. The second-order valence-electron chi connectivity index (χ2n) is 6.31. The molecule has 6 heteroatoms. The largest absolute Gasteiger partial charge is 0.366 e. The van der Waals surface area contributed by atoms with Gasteiger partial charge in [-0.05, 0) is 13.0 Å². The van der Waals surface area contributed by atoms with Crippen LogP contribution >= 0.6 is 0 Å². The summed E-state index contributed by atoms with van der Waals surface area (Å²) >= 11 is 0. The molecule has 6 nitrogen and oxygen atoms in total. The number of hydrogen-bond donors (Lipinski definition) is 2. The molecule has 3 heterocycles. The van der Waals surface area contributed by atoms with E-state index in [4.69, 9.17) is 9.97 Å². The Morgan fingerprint density at radius 2 is 1.96 bits per heavy atom. The second-order valence-corrected chi connectivity index (χ2v) is 6.31. The Hall–Kier alpha value is -2.73. The summed E-state index contributed by atoms with van der Waals surface area (Å²) in [6, 6.07) is 10.2. The van der Waals surface area contributed by atoms with Crippen LogP contribution in [0.15, 0.2) is 42.7 Å². The molecule has 0 saturated heterocycles. The molecule has 0 atom stereocenters. The van der Waals surface area contributed by atoms with Crippen molar-refractivity contribution in [3.05, 3.63) is 59.5 Å². The fourth-order valence-corrected chi connectivity index (χ4v) is 3.16. The Morgan fingerprint density at radius 3 is 2.76 bits per heavy atom. The molecule has 25 heavy (non-hydrogen) atoms. The maximum absolute atomic E-state index is 4.86. The van der Waals surface area contributed by atoms with E-state index in [9.17, 15) is 0 Å². The summed E-state index contributed by atoms with van der Waals surface area (Å²) in [5.74, 6) is 1.73. The van der Waals surface area contributed by atoms with Gasteiger partial charge in [-0.15, -0.1) is 0 Å². The normalized spacial score (nSPS) is 14.0. The third-order valence-electron chi connectivity index (χ3n) is 4.43. The van der Waals surface area contributed by atoms with Crippen LogP contribution in [0.5, 0.6) is 0 Å². The maximum Gasteiger partial charge on any atom is 0.161 e. The van der Waals surface area contributed by atoms with Gasteiger partial charge in [0, 0.05) is 49.4 Å². The summed E-state index contributed by atoms with van der Waals surface area (Å²) in [6.07, 6.45) is 5.78. The van der Waals surface area contributed by atoms with Crippen LogP contribution in [0.2, 0.25) is 0 Å². The Labute approximate surface area is 147 Å². The van der Waals surface area contributed by atoms with Gasteiger partial charge < -0.3 is 10.6 Å². The van der Waals surface area contributed by atoms with Gasteiger partial charge in [0.05, 0.1) is 11.9 Å². The Kier molecular flexibility index (Phi) is 4.43. The lowest BCUT2D eigenvalue weighted by atomic mass is 10.1. The first kappa shape index (κ1) is 15.8. The molecule has 0 amide bonds. The van der Waals surface area contributed by atoms with E-state index in [1.807, 2.05) is 42.3 Å². The average Bonchev–Trinajstić information content (AvgIpc) is 2.91. The molecule has 0 spiro atoms. The summed E-state index contributed by atoms with van der Waals surface area (Å²) < 4.78 is 1.82. The van der Waals surface area contributed by atoms with Crippen molar-refractivity contribution >= 4 is 5.82 Å². The Bertz CT molecular complexity index is 856. The van der Waals surface area contributed by atoms with Crippen LogP contribution < -0.4 is 10.6 Å². The summed E-state index contributed by atoms with van der Waals surface area (Å²) in [4.78, 5) is 9.70. The summed E-state index contributed by atoms with van der Waals surface area (Å²) in [7, 11) is 1.93. The van der Waals surface area contributed by atoms with E-state index in [1.165, 1.54) is 5.56 Å². The molecule has 0 bridgehead atoms. The van der Waals surface area contributed by atoms with Crippen LogP contribution in [0, 0.1) is 0 Å².